The fraction of sp³-hybridized carbons (Fsp3) is 0.389. The van der Waals surface area contributed by atoms with E-state index in [1.165, 1.54) is 11.3 Å². The van der Waals surface area contributed by atoms with E-state index in [2.05, 4.69) is 76.0 Å². The van der Waals surface area contributed by atoms with E-state index in [0.29, 0.717) is 5.92 Å². The fourth-order valence-corrected chi connectivity index (χ4v) is 8.02. The average Bonchev–Trinajstić information content (AvgIpc) is 3.01. The Hall–Kier alpha value is 0.600. The third kappa shape index (κ3) is 7.57. The quantitative estimate of drug-likeness (QED) is 0.507. The number of hydrogen-bond donors (Lipinski definition) is 0. The Kier molecular flexibility index (Phi) is 10.8. The minimum atomic E-state index is -1.04. The van der Waals surface area contributed by atoms with Crippen LogP contribution < -0.4 is 24.8 Å². The molecule has 1 heterocycles. The summed E-state index contributed by atoms with van der Waals surface area (Å²) in [6.07, 6.45) is 17.1. The van der Waals surface area contributed by atoms with Crippen molar-refractivity contribution in [3.05, 3.63) is 55.2 Å². The molecule has 5 heteroatoms. The van der Waals surface area contributed by atoms with E-state index < -0.39 is 8.07 Å². The van der Waals surface area contributed by atoms with Crippen LogP contribution in [0.2, 0.25) is 19.6 Å². The van der Waals surface area contributed by atoms with Crippen molar-refractivity contribution in [3.63, 3.8) is 0 Å². The summed E-state index contributed by atoms with van der Waals surface area (Å²) < 4.78 is 5.05. The number of allylic oxidation sites excluding steroid dienone is 9. The van der Waals surface area contributed by atoms with Gasteiger partial charge < -0.3 is 24.8 Å². The van der Waals surface area contributed by atoms with Crippen molar-refractivity contribution >= 4 is 23.0 Å². The van der Waals surface area contributed by atoms with Crippen LogP contribution >= 0.6 is 11.8 Å². The second-order valence-electron chi connectivity index (χ2n) is 6.81. The first kappa shape index (κ1) is 23.6. The summed E-state index contributed by atoms with van der Waals surface area (Å²) in [6.45, 7) is 11.8. The van der Waals surface area contributed by atoms with Crippen LogP contribution in [0.3, 0.4) is 0 Å². The molecule has 1 unspecified atom stereocenters. The topological polar surface area (TPSA) is 0 Å². The Morgan fingerprint density at radius 1 is 1.13 bits per heavy atom. The molecule has 2 aliphatic carbocycles. The van der Waals surface area contributed by atoms with Crippen LogP contribution in [-0.2, 0) is 22.8 Å². The number of hydrogen-bond acceptors (Lipinski definition) is 1. The van der Waals surface area contributed by atoms with Gasteiger partial charge in [-0.3, -0.25) is 0 Å². The molecule has 3 aliphatic rings. The molecule has 0 saturated heterocycles. The SMILES string of the molecule is C[C](C)=[Zr+2][C]1=CC=CC1.C[Si](C)(C)C1=CC2C=CC=C2S1.[Cl-].[Cl-]. The molecular formula is C18H25Cl2SSiZr. The van der Waals surface area contributed by atoms with Crippen molar-refractivity contribution in [2.24, 2.45) is 5.92 Å². The maximum Gasteiger partial charge on any atom is 0.0858 e. The van der Waals surface area contributed by atoms with Gasteiger partial charge in [0, 0.05) is 5.92 Å². The van der Waals surface area contributed by atoms with E-state index in [0.717, 1.165) is 0 Å². The largest absolute Gasteiger partial charge is 1.00 e. The van der Waals surface area contributed by atoms with Crippen molar-refractivity contribution < 1.29 is 47.6 Å². The van der Waals surface area contributed by atoms with E-state index in [9.17, 15) is 0 Å². The molecule has 0 aromatic heterocycles. The van der Waals surface area contributed by atoms with Gasteiger partial charge in [-0.25, -0.2) is 0 Å². The summed E-state index contributed by atoms with van der Waals surface area (Å²) in [5, 5.41) is 0. The first-order valence-electron chi connectivity index (χ1n) is 7.57. The van der Waals surface area contributed by atoms with Gasteiger partial charge in [-0.1, -0.05) is 43.9 Å². The Balaban J connectivity index is 0.000000401. The second kappa shape index (κ2) is 10.6. The van der Waals surface area contributed by atoms with Crippen LogP contribution in [0.25, 0.3) is 0 Å². The number of thioether (sulfide) groups is 1. The van der Waals surface area contributed by atoms with Crippen LogP contribution in [0.15, 0.2) is 55.2 Å². The van der Waals surface area contributed by atoms with Crippen LogP contribution in [0.4, 0.5) is 0 Å². The molecule has 23 heavy (non-hydrogen) atoms. The minimum absolute atomic E-state index is 0. The van der Waals surface area contributed by atoms with Crippen molar-refractivity contribution in [2.45, 2.75) is 39.9 Å². The molecule has 0 spiro atoms. The summed E-state index contributed by atoms with van der Waals surface area (Å²) >= 11 is 1.79. The molecule has 0 aromatic carbocycles. The Labute approximate surface area is 170 Å². The minimum Gasteiger partial charge on any atom is -1.00 e. The Morgan fingerprint density at radius 2 is 1.83 bits per heavy atom. The van der Waals surface area contributed by atoms with Gasteiger partial charge in [-0.05, 0) is 9.43 Å². The van der Waals surface area contributed by atoms with Crippen molar-refractivity contribution in [1.82, 2.24) is 0 Å². The normalized spacial score (nSPS) is 20.0. The van der Waals surface area contributed by atoms with E-state index in [-0.39, 0.29) is 47.6 Å². The molecule has 3 rings (SSSR count). The maximum atomic E-state index is 2.45. The molecule has 0 nitrogen and oxygen atoms in total. The van der Waals surface area contributed by atoms with Crippen LogP contribution in [0.5, 0.6) is 0 Å². The Bertz CT molecular complexity index is 589. The first-order valence-corrected chi connectivity index (χ1v) is 14.3. The zero-order valence-corrected chi connectivity index (χ0v) is 20.3. The standard InChI is InChI=1S/C10H14SSi.C5H5.C3H6.2ClH.Zr/c1-12(2,3)10-7-8-5-4-6-9(8)11-10;1-2-4-5-3-1;1-3-2;;;/h4-8H,1-3H3;1-3H,4H2;1-2H3;2*1H;/q;;;;;+2/p-2. The van der Waals surface area contributed by atoms with E-state index >= 15 is 0 Å². The summed E-state index contributed by atoms with van der Waals surface area (Å²) in [4.78, 5) is 1.53. The van der Waals surface area contributed by atoms with Crippen LogP contribution in [0.1, 0.15) is 20.3 Å². The molecule has 0 amide bonds. The van der Waals surface area contributed by atoms with E-state index in [1.54, 1.807) is 11.0 Å². The molecule has 0 fully saturated rings. The maximum absolute atomic E-state index is 2.45. The molecule has 0 saturated carbocycles. The molecular weight excluding hydrogens is 438 g/mol. The van der Waals surface area contributed by atoms with Crippen molar-refractivity contribution in [1.29, 1.82) is 0 Å². The van der Waals surface area contributed by atoms with Crippen LogP contribution in [-0.4, -0.2) is 11.3 Å². The summed E-state index contributed by atoms with van der Waals surface area (Å²) in [6, 6.07) is 0. The first-order chi connectivity index (χ1) is 9.86. The van der Waals surface area contributed by atoms with Gasteiger partial charge in [0.15, 0.2) is 0 Å². The zero-order chi connectivity index (χ0) is 15.5. The fourth-order valence-electron chi connectivity index (χ4n) is 2.30. The molecule has 125 valence electrons. The van der Waals surface area contributed by atoms with Gasteiger partial charge in [0.25, 0.3) is 0 Å². The number of rotatable bonds is 2. The van der Waals surface area contributed by atoms with Gasteiger partial charge in [0.2, 0.25) is 0 Å². The third-order valence-electron chi connectivity index (χ3n) is 3.39. The predicted octanol–water partition coefficient (Wildman–Crippen LogP) is -0.303. The molecule has 0 radical (unpaired) electrons. The van der Waals surface area contributed by atoms with Crippen molar-refractivity contribution in [3.8, 4) is 0 Å². The number of fused-ring (bicyclic) bond motifs is 1. The van der Waals surface area contributed by atoms with Gasteiger partial charge in [-0.2, -0.15) is 0 Å². The third-order valence-corrected chi connectivity index (χ3v) is 11.1. The summed E-state index contributed by atoms with van der Waals surface area (Å²) in [5.41, 5.74) is 0. The Morgan fingerprint density at radius 3 is 2.30 bits per heavy atom. The van der Waals surface area contributed by atoms with Gasteiger partial charge in [0.1, 0.15) is 0 Å². The average molecular weight is 464 g/mol. The number of halogens is 2. The molecule has 0 bridgehead atoms. The monoisotopic (exact) mass is 461 g/mol. The second-order valence-corrected chi connectivity index (χ2v) is 18.0. The summed E-state index contributed by atoms with van der Waals surface area (Å²) in [5.74, 6) is 0.636. The van der Waals surface area contributed by atoms with Gasteiger partial charge in [-0.15, -0.1) is 11.8 Å². The molecule has 1 atom stereocenters. The summed E-state index contributed by atoms with van der Waals surface area (Å²) in [7, 11) is -1.04. The molecule has 0 N–H and O–H groups in total. The van der Waals surface area contributed by atoms with Crippen molar-refractivity contribution in [2.75, 3.05) is 0 Å². The predicted molar refractivity (Wildman–Crippen MR) is 97.9 cm³/mol. The van der Waals surface area contributed by atoms with Gasteiger partial charge >= 0.3 is 67.7 Å². The van der Waals surface area contributed by atoms with Gasteiger partial charge in [0.05, 0.1) is 8.07 Å². The molecule has 0 aromatic rings. The van der Waals surface area contributed by atoms with Crippen LogP contribution in [0, 0.1) is 5.92 Å². The smallest absolute Gasteiger partial charge is 0.0858 e. The molecule has 1 aliphatic heterocycles. The zero-order valence-electron chi connectivity index (χ0n) is 14.5. The van der Waals surface area contributed by atoms with E-state index in [1.807, 2.05) is 11.8 Å². The van der Waals surface area contributed by atoms with E-state index in [4.69, 9.17) is 0 Å².